The summed E-state index contributed by atoms with van der Waals surface area (Å²) < 4.78 is 5.63. The van der Waals surface area contributed by atoms with Gasteiger partial charge in [-0.2, -0.15) is 0 Å². The predicted octanol–water partition coefficient (Wildman–Crippen LogP) is 3.89. The summed E-state index contributed by atoms with van der Waals surface area (Å²) in [6.45, 7) is 2.12. The van der Waals surface area contributed by atoms with Gasteiger partial charge in [0, 0.05) is 18.9 Å². The van der Waals surface area contributed by atoms with Gasteiger partial charge in [-0.25, -0.2) is 0 Å². The van der Waals surface area contributed by atoms with Gasteiger partial charge >= 0.3 is 0 Å². The molecule has 1 aliphatic rings. The van der Waals surface area contributed by atoms with Crippen LogP contribution in [0.4, 0.5) is 0 Å². The maximum atomic E-state index is 5.63. The van der Waals surface area contributed by atoms with Crippen LogP contribution in [0, 0.1) is 6.92 Å². The lowest BCUT2D eigenvalue weighted by atomic mass is 10.0. The first-order valence-corrected chi connectivity index (χ1v) is 6.45. The summed E-state index contributed by atoms with van der Waals surface area (Å²) in [6.07, 6.45) is 0.329. The van der Waals surface area contributed by atoms with E-state index in [-0.39, 0.29) is 0 Å². The fourth-order valence-electron chi connectivity index (χ4n) is 2.83. The maximum Gasteiger partial charge on any atom is 0.0721 e. The van der Waals surface area contributed by atoms with Crippen molar-refractivity contribution < 1.29 is 4.74 Å². The second-order valence-electron chi connectivity index (χ2n) is 5.07. The monoisotopic (exact) mass is 238 g/mol. The molecule has 1 aliphatic carbocycles. The van der Waals surface area contributed by atoms with Gasteiger partial charge < -0.3 is 4.74 Å². The quantitative estimate of drug-likeness (QED) is 0.788. The molecule has 1 heteroatoms. The molecule has 0 heterocycles. The van der Waals surface area contributed by atoms with Crippen molar-refractivity contribution in [3.05, 3.63) is 71.3 Å². The summed E-state index contributed by atoms with van der Waals surface area (Å²) >= 11 is 0. The Hall–Kier alpha value is -1.60. The second-order valence-corrected chi connectivity index (χ2v) is 5.07. The second kappa shape index (κ2) is 4.58. The first-order chi connectivity index (χ1) is 8.81. The third kappa shape index (κ3) is 1.95. The fraction of sp³-hybridized carbons (Fsp3) is 0.294. The summed E-state index contributed by atoms with van der Waals surface area (Å²) in [4.78, 5) is 0. The van der Waals surface area contributed by atoms with Gasteiger partial charge in [0.1, 0.15) is 0 Å². The molecule has 0 radical (unpaired) electrons. The molecule has 1 nitrogen and oxygen atoms in total. The third-order valence-corrected chi connectivity index (χ3v) is 3.87. The molecule has 0 saturated heterocycles. The van der Waals surface area contributed by atoms with E-state index in [9.17, 15) is 0 Å². The fourth-order valence-corrected chi connectivity index (χ4v) is 2.83. The maximum absolute atomic E-state index is 5.63. The third-order valence-electron chi connectivity index (χ3n) is 3.87. The van der Waals surface area contributed by atoms with E-state index >= 15 is 0 Å². The van der Waals surface area contributed by atoms with E-state index in [0.29, 0.717) is 17.9 Å². The lowest BCUT2D eigenvalue weighted by Crippen LogP contribution is -1.91. The summed E-state index contributed by atoms with van der Waals surface area (Å²) in [6, 6.07) is 19.5. The van der Waals surface area contributed by atoms with Crippen molar-refractivity contribution in [3.8, 4) is 0 Å². The topological polar surface area (TPSA) is 9.23 Å². The van der Waals surface area contributed by atoms with Crippen molar-refractivity contribution in [2.24, 2.45) is 0 Å². The first kappa shape index (κ1) is 11.5. The zero-order valence-electron chi connectivity index (χ0n) is 10.8. The highest BCUT2D eigenvalue weighted by atomic mass is 16.5. The molecule has 0 bridgehead atoms. The van der Waals surface area contributed by atoms with Gasteiger partial charge in [0.15, 0.2) is 0 Å². The molecule has 1 saturated carbocycles. The van der Waals surface area contributed by atoms with Crippen molar-refractivity contribution in [1.82, 2.24) is 0 Å². The Kier molecular flexibility index (Phi) is 2.92. The van der Waals surface area contributed by atoms with Crippen molar-refractivity contribution in [2.75, 3.05) is 7.11 Å². The molecule has 18 heavy (non-hydrogen) atoms. The molecular weight excluding hydrogens is 220 g/mol. The molecule has 0 aliphatic heterocycles. The van der Waals surface area contributed by atoms with E-state index in [0.717, 1.165) is 0 Å². The molecule has 2 aromatic carbocycles. The Morgan fingerprint density at radius 1 is 0.778 bits per heavy atom. The standard InChI is InChI=1S/C17H18O/c1-12-8-10-14(11-9-12)16-15(17(16)18-2)13-6-4-3-5-7-13/h3-11,15-17H,1-2H3/t15-,16-,17?/m0/s1. The van der Waals surface area contributed by atoms with E-state index in [1.807, 2.05) is 7.11 Å². The van der Waals surface area contributed by atoms with E-state index in [4.69, 9.17) is 4.74 Å². The minimum Gasteiger partial charge on any atom is -0.380 e. The number of aryl methyl sites for hydroxylation is 1. The van der Waals surface area contributed by atoms with Gasteiger partial charge in [0.05, 0.1) is 6.10 Å². The smallest absolute Gasteiger partial charge is 0.0721 e. The van der Waals surface area contributed by atoms with Crippen molar-refractivity contribution >= 4 is 0 Å². The van der Waals surface area contributed by atoms with Gasteiger partial charge in [-0.05, 0) is 18.1 Å². The number of ether oxygens (including phenoxy) is 1. The largest absolute Gasteiger partial charge is 0.380 e. The molecule has 1 fully saturated rings. The van der Waals surface area contributed by atoms with Gasteiger partial charge in [-0.15, -0.1) is 0 Å². The predicted molar refractivity (Wildman–Crippen MR) is 73.9 cm³/mol. The average Bonchev–Trinajstić information content (AvgIpc) is 3.15. The normalized spacial score (nSPS) is 26.0. The minimum atomic E-state index is 0.329. The Morgan fingerprint density at radius 2 is 1.33 bits per heavy atom. The summed E-state index contributed by atoms with van der Waals surface area (Å²) in [5.41, 5.74) is 4.08. The molecule has 92 valence electrons. The lowest BCUT2D eigenvalue weighted by molar-refractivity contribution is 0.173. The summed E-state index contributed by atoms with van der Waals surface area (Å²) in [7, 11) is 1.81. The molecule has 1 unspecified atom stereocenters. The molecule has 0 N–H and O–H groups in total. The van der Waals surface area contributed by atoms with E-state index in [1.54, 1.807) is 0 Å². The van der Waals surface area contributed by atoms with Crippen LogP contribution in [0.2, 0.25) is 0 Å². The van der Waals surface area contributed by atoms with Crippen LogP contribution in [0.3, 0.4) is 0 Å². The zero-order chi connectivity index (χ0) is 12.5. The van der Waals surface area contributed by atoms with Gasteiger partial charge in [0.2, 0.25) is 0 Å². The molecule has 3 atom stereocenters. The van der Waals surface area contributed by atoms with E-state index < -0.39 is 0 Å². The molecule has 0 amide bonds. The minimum absolute atomic E-state index is 0.329. The van der Waals surface area contributed by atoms with Crippen molar-refractivity contribution in [1.29, 1.82) is 0 Å². The van der Waals surface area contributed by atoms with Gasteiger partial charge in [0.25, 0.3) is 0 Å². The van der Waals surface area contributed by atoms with Crippen LogP contribution in [-0.2, 0) is 4.74 Å². The highest BCUT2D eigenvalue weighted by Crippen LogP contribution is 2.56. The summed E-state index contributed by atoms with van der Waals surface area (Å²) in [5, 5.41) is 0. The highest BCUT2D eigenvalue weighted by molar-refractivity contribution is 5.41. The number of benzene rings is 2. The SMILES string of the molecule is COC1[C@@H](c2ccccc2)[C@@H]1c1ccc(C)cc1. The molecule has 3 rings (SSSR count). The van der Waals surface area contributed by atoms with E-state index in [2.05, 4.69) is 61.5 Å². The summed E-state index contributed by atoms with van der Waals surface area (Å²) in [5.74, 6) is 1.02. The molecular formula is C17H18O. The first-order valence-electron chi connectivity index (χ1n) is 6.45. The van der Waals surface area contributed by atoms with Crippen LogP contribution in [0.5, 0.6) is 0 Å². The van der Waals surface area contributed by atoms with Crippen molar-refractivity contribution in [3.63, 3.8) is 0 Å². The molecule has 0 spiro atoms. The number of rotatable bonds is 3. The van der Waals surface area contributed by atoms with Crippen LogP contribution in [0.25, 0.3) is 0 Å². The Labute approximate surface area is 108 Å². The lowest BCUT2D eigenvalue weighted by Gasteiger charge is -2.01. The van der Waals surface area contributed by atoms with Crippen LogP contribution in [-0.4, -0.2) is 13.2 Å². The highest BCUT2D eigenvalue weighted by Gasteiger charge is 2.52. The average molecular weight is 238 g/mol. The van der Waals surface area contributed by atoms with Crippen LogP contribution >= 0.6 is 0 Å². The van der Waals surface area contributed by atoms with Crippen LogP contribution in [0.15, 0.2) is 54.6 Å². The van der Waals surface area contributed by atoms with Gasteiger partial charge in [-0.1, -0.05) is 60.2 Å². The van der Waals surface area contributed by atoms with Crippen LogP contribution in [0.1, 0.15) is 28.5 Å². The number of methoxy groups -OCH3 is 1. The molecule has 0 aromatic heterocycles. The Morgan fingerprint density at radius 3 is 1.89 bits per heavy atom. The number of hydrogen-bond donors (Lipinski definition) is 0. The Bertz CT molecular complexity index is 515. The van der Waals surface area contributed by atoms with Gasteiger partial charge in [-0.3, -0.25) is 0 Å². The zero-order valence-corrected chi connectivity index (χ0v) is 10.8. The van der Waals surface area contributed by atoms with Crippen LogP contribution < -0.4 is 0 Å². The van der Waals surface area contributed by atoms with E-state index in [1.165, 1.54) is 16.7 Å². The number of hydrogen-bond acceptors (Lipinski definition) is 1. The molecule has 2 aromatic rings. The Balaban J connectivity index is 1.87. The van der Waals surface area contributed by atoms with Crippen molar-refractivity contribution in [2.45, 2.75) is 24.9 Å².